The second-order valence-electron chi connectivity index (χ2n) is 4.53. The van der Waals surface area contributed by atoms with Gasteiger partial charge in [-0.15, -0.1) is 0 Å². The van der Waals surface area contributed by atoms with Crippen molar-refractivity contribution in [2.24, 2.45) is 0 Å². The van der Waals surface area contributed by atoms with Gasteiger partial charge in [-0.05, 0) is 24.1 Å². The third-order valence-corrected chi connectivity index (χ3v) is 2.87. The fourth-order valence-corrected chi connectivity index (χ4v) is 1.81. The van der Waals surface area contributed by atoms with Gasteiger partial charge in [-0.3, -0.25) is 14.4 Å². The zero-order chi connectivity index (χ0) is 15.8. The molecule has 1 aromatic carbocycles. The van der Waals surface area contributed by atoms with Crippen molar-refractivity contribution in [3.05, 3.63) is 23.8 Å². The Morgan fingerprint density at radius 2 is 1.86 bits per heavy atom. The van der Waals surface area contributed by atoms with Gasteiger partial charge >= 0.3 is 5.97 Å². The van der Waals surface area contributed by atoms with E-state index in [1.807, 2.05) is 13.0 Å². The Bertz CT molecular complexity index is 540. The summed E-state index contributed by atoms with van der Waals surface area (Å²) in [5.74, 6) is -0.870. The molecule has 0 saturated heterocycles. The molecule has 0 bridgehead atoms. The average Bonchev–Trinajstić information content (AvgIpc) is 2.44. The lowest BCUT2D eigenvalue weighted by Crippen LogP contribution is -2.15. The maximum Gasteiger partial charge on any atom is 0.306 e. The first-order valence-electron chi connectivity index (χ1n) is 6.73. The number of anilines is 2. The van der Waals surface area contributed by atoms with E-state index in [0.717, 1.165) is 12.0 Å². The molecule has 0 radical (unpaired) electrons. The Balaban J connectivity index is 2.77. The first-order chi connectivity index (χ1) is 9.96. The highest BCUT2D eigenvalue weighted by Crippen LogP contribution is 2.22. The van der Waals surface area contributed by atoms with E-state index in [1.165, 1.54) is 14.0 Å². The van der Waals surface area contributed by atoms with Crippen LogP contribution in [-0.4, -0.2) is 24.9 Å². The highest BCUT2D eigenvalue weighted by atomic mass is 16.5. The van der Waals surface area contributed by atoms with Crippen molar-refractivity contribution in [1.82, 2.24) is 0 Å². The molecule has 0 aliphatic carbocycles. The fraction of sp³-hybridized carbons (Fsp3) is 0.400. The number of esters is 1. The van der Waals surface area contributed by atoms with Crippen molar-refractivity contribution in [1.29, 1.82) is 0 Å². The largest absolute Gasteiger partial charge is 0.469 e. The average molecular weight is 292 g/mol. The van der Waals surface area contributed by atoms with E-state index >= 15 is 0 Å². The lowest BCUT2D eigenvalue weighted by atomic mass is 10.1. The third kappa shape index (κ3) is 5.64. The van der Waals surface area contributed by atoms with Gasteiger partial charge in [0, 0.05) is 24.7 Å². The summed E-state index contributed by atoms with van der Waals surface area (Å²) in [5.41, 5.74) is 2.21. The number of hydrogen-bond acceptors (Lipinski definition) is 4. The summed E-state index contributed by atoms with van der Waals surface area (Å²) < 4.78 is 4.49. The monoisotopic (exact) mass is 292 g/mol. The predicted molar refractivity (Wildman–Crippen MR) is 80.0 cm³/mol. The van der Waals surface area contributed by atoms with Crippen molar-refractivity contribution < 1.29 is 19.1 Å². The molecule has 0 fully saturated rings. The van der Waals surface area contributed by atoms with Crippen molar-refractivity contribution >= 4 is 29.2 Å². The number of rotatable bonds is 6. The van der Waals surface area contributed by atoms with E-state index in [4.69, 9.17) is 0 Å². The molecule has 1 rings (SSSR count). The predicted octanol–water partition coefficient (Wildman–Crippen LogP) is 2.10. The molecule has 0 aromatic heterocycles. The van der Waals surface area contributed by atoms with Crippen LogP contribution in [0.3, 0.4) is 0 Å². The molecular weight excluding hydrogens is 272 g/mol. The van der Waals surface area contributed by atoms with E-state index in [-0.39, 0.29) is 24.7 Å². The summed E-state index contributed by atoms with van der Waals surface area (Å²) in [6, 6.07) is 5.34. The fourth-order valence-electron chi connectivity index (χ4n) is 1.81. The SMILES string of the molecule is CCc1ccc(NC(C)=O)cc1NC(=O)CCC(=O)OC. The quantitative estimate of drug-likeness (QED) is 0.786. The van der Waals surface area contributed by atoms with Gasteiger partial charge < -0.3 is 15.4 Å². The van der Waals surface area contributed by atoms with Gasteiger partial charge in [-0.2, -0.15) is 0 Å². The van der Waals surface area contributed by atoms with E-state index in [0.29, 0.717) is 11.4 Å². The first-order valence-corrected chi connectivity index (χ1v) is 6.73. The number of benzene rings is 1. The van der Waals surface area contributed by atoms with Crippen LogP contribution in [0.1, 0.15) is 32.3 Å². The topological polar surface area (TPSA) is 84.5 Å². The maximum absolute atomic E-state index is 11.8. The maximum atomic E-state index is 11.8. The minimum Gasteiger partial charge on any atom is -0.469 e. The lowest BCUT2D eigenvalue weighted by Gasteiger charge is -2.12. The van der Waals surface area contributed by atoms with Gasteiger partial charge in [0.1, 0.15) is 0 Å². The summed E-state index contributed by atoms with van der Waals surface area (Å²) in [7, 11) is 1.28. The first kappa shape index (κ1) is 16.7. The van der Waals surface area contributed by atoms with Crippen LogP contribution in [0.15, 0.2) is 18.2 Å². The van der Waals surface area contributed by atoms with Crippen molar-refractivity contribution in [3.63, 3.8) is 0 Å². The number of aryl methyl sites for hydroxylation is 1. The highest BCUT2D eigenvalue weighted by Gasteiger charge is 2.10. The minimum atomic E-state index is -0.423. The molecule has 0 aliphatic rings. The van der Waals surface area contributed by atoms with Gasteiger partial charge in [-0.1, -0.05) is 13.0 Å². The molecule has 6 heteroatoms. The summed E-state index contributed by atoms with van der Waals surface area (Å²) in [5, 5.41) is 5.42. The van der Waals surface area contributed by atoms with Gasteiger partial charge in [0.25, 0.3) is 0 Å². The van der Waals surface area contributed by atoms with Crippen molar-refractivity contribution in [2.75, 3.05) is 17.7 Å². The molecule has 1 aromatic rings. The number of hydrogen-bond donors (Lipinski definition) is 2. The van der Waals surface area contributed by atoms with Crippen LogP contribution in [0.25, 0.3) is 0 Å². The molecular formula is C15H20N2O4. The second-order valence-corrected chi connectivity index (χ2v) is 4.53. The molecule has 2 amide bonds. The molecule has 0 saturated carbocycles. The van der Waals surface area contributed by atoms with E-state index in [2.05, 4.69) is 15.4 Å². The Labute approximate surface area is 123 Å². The number of ether oxygens (including phenoxy) is 1. The summed E-state index contributed by atoms with van der Waals surface area (Å²) >= 11 is 0. The number of carbonyl (C=O) groups is 3. The van der Waals surface area contributed by atoms with Crippen LogP contribution < -0.4 is 10.6 Å². The smallest absolute Gasteiger partial charge is 0.306 e. The Morgan fingerprint density at radius 1 is 1.14 bits per heavy atom. The molecule has 0 unspecified atom stereocenters. The molecule has 2 N–H and O–H groups in total. The molecule has 0 heterocycles. The van der Waals surface area contributed by atoms with E-state index in [1.54, 1.807) is 12.1 Å². The zero-order valence-corrected chi connectivity index (χ0v) is 12.5. The number of carbonyl (C=O) groups excluding carboxylic acids is 3. The summed E-state index contributed by atoms with van der Waals surface area (Å²) in [6.45, 7) is 3.39. The Morgan fingerprint density at radius 3 is 2.43 bits per heavy atom. The standard InChI is InChI=1S/C15H20N2O4/c1-4-11-5-6-12(16-10(2)18)9-13(11)17-14(19)7-8-15(20)21-3/h5-6,9H,4,7-8H2,1-3H3,(H,16,18)(H,17,19). The number of nitrogens with one attached hydrogen (secondary N) is 2. The van der Waals surface area contributed by atoms with Gasteiger partial charge in [0.05, 0.1) is 13.5 Å². The number of amides is 2. The molecule has 0 atom stereocenters. The van der Waals surface area contributed by atoms with Gasteiger partial charge in [0.2, 0.25) is 11.8 Å². The van der Waals surface area contributed by atoms with Crippen LogP contribution in [-0.2, 0) is 25.5 Å². The van der Waals surface area contributed by atoms with Crippen LogP contribution in [0.5, 0.6) is 0 Å². The van der Waals surface area contributed by atoms with E-state index in [9.17, 15) is 14.4 Å². The Kier molecular flexibility index (Phi) is 6.39. The minimum absolute atomic E-state index is 0.0369. The van der Waals surface area contributed by atoms with Crippen molar-refractivity contribution in [3.8, 4) is 0 Å². The zero-order valence-electron chi connectivity index (χ0n) is 12.5. The van der Waals surface area contributed by atoms with Gasteiger partial charge in [-0.25, -0.2) is 0 Å². The molecule has 114 valence electrons. The van der Waals surface area contributed by atoms with Gasteiger partial charge in [0.15, 0.2) is 0 Å². The normalized spacial score (nSPS) is 9.86. The van der Waals surface area contributed by atoms with Crippen LogP contribution in [0.4, 0.5) is 11.4 Å². The Hall–Kier alpha value is -2.37. The summed E-state index contributed by atoms with van der Waals surface area (Å²) in [6.07, 6.45) is 0.836. The molecule has 6 nitrogen and oxygen atoms in total. The molecule has 0 spiro atoms. The van der Waals surface area contributed by atoms with Crippen molar-refractivity contribution in [2.45, 2.75) is 33.1 Å². The van der Waals surface area contributed by atoms with Crippen LogP contribution >= 0.6 is 0 Å². The molecule has 0 aliphatic heterocycles. The van der Waals surface area contributed by atoms with E-state index < -0.39 is 5.97 Å². The van der Waals surface area contributed by atoms with Crippen LogP contribution in [0.2, 0.25) is 0 Å². The van der Waals surface area contributed by atoms with Crippen LogP contribution in [0, 0.1) is 0 Å². The molecule has 21 heavy (non-hydrogen) atoms. The lowest BCUT2D eigenvalue weighted by molar-refractivity contribution is -0.141. The number of methoxy groups -OCH3 is 1. The summed E-state index contributed by atoms with van der Waals surface area (Å²) in [4.78, 5) is 33.9. The second kappa shape index (κ2) is 8.04. The highest BCUT2D eigenvalue weighted by molar-refractivity contribution is 5.95. The third-order valence-electron chi connectivity index (χ3n) is 2.87.